The summed E-state index contributed by atoms with van der Waals surface area (Å²) < 4.78 is 4.75. The van der Waals surface area contributed by atoms with Crippen LogP contribution in [0.25, 0.3) is 0 Å². The highest BCUT2D eigenvalue weighted by molar-refractivity contribution is 6.04. The fourth-order valence-corrected chi connectivity index (χ4v) is 2.15. The molecule has 5 heteroatoms. The zero-order valence-corrected chi connectivity index (χ0v) is 12.0. The van der Waals surface area contributed by atoms with Gasteiger partial charge in [-0.05, 0) is 26.8 Å². The molecule has 18 heavy (non-hydrogen) atoms. The number of hydrogen-bond donors (Lipinski definition) is 1. The van der Waals surface area contributed by atoms with Crippen molar-refractivity contribution in [2.75, 3.05) is 27.2 Å². The summed E-state index contributed by atoms with van der Waals surface area (Å²) in [6, 6.07) is 0. The van der Waals surface area contributed by atoms with Crippen molar-refractivity contribution in [3.8, 4) is 0 Å². The fourth-order valence-electron chi connectivity index (χ4n) is 2.15. The first-order valence-electron chi connectivity index (χ1n) is 6.32. The molecule has 0 aromatic heterocycles. The van der Waals surface area contributed by atoms with Crippen LogP contribution in [-0.2, 0) is 14.3 Å². The number of nitrogens with zero attached hydrogens (tertiary/aromatic N) is 1. The van der Waals surface area contributed by atoms with Crippen molar-refractivity contribution in [2.45, 2.75) is 39.7 Å². The van der Waals surface area contributed by atoms with E-state index in [0.29, 0.717) is 19.4 Å². The van der Waals surface area contributed by atoms with Crippen molar-refractivity contribution in [3.63, 3.8) is 0 Å². The smallest absolute Gasteiger partial charge is 0.319 e. The van der Waals surface area contributed by atoms with Crippen molar-refractivity contribution in [1.29, 1.82) is 0 Å². The molecule has 1 unspecified atom stereocenters. The topological polar surface area (TPSA) is 66.8 Å². The third kappa shape index (κ3) is 4.07. The van der Waals surface area contributed by atoms with E-state index in [1.54, 1.807) is 18.9 Å². The van der Waals surface area contributed by atoms with Crippen LogP contribution in [0, 0.1) is 5.41 Å². The Morgan fingerprint density at radius 3 is 2.17 bits per heavy atom. The number of ether oxygens (including phenoxy) is 1. The number of aliphatic hydroxyl groups excluding tert-OH is 1. The Morgan fingerprint density at radius 2 is 1.83 bits per heavy atom. The minimum atomic E-state index is -1.05. The van der Waals surface area contributed by atoms with Crippen molar-refractivity contribution in [1.82, 2.24) is 4.90 Å². The first-order chi connectivity index (χ1) is 8.33. The standard InChI is InChI=1S/C13H25NO4/c1-6-13(7-2,12(17)18-5)11(16)9-14(4)8-10(3)15/h10,15H,6-9H2,1-5H3. The van der Waals surface area contributed by atoms with Gasteiger partial charge in [-0.1, -0.05) is 13.8 Å². The SMILES string of the molecule is CCC(CC)(C(=O)CN(C)CC(C)O)C(=O)OC. The Bertz CT molecular complexity index is 285. The van der Waals surface area contributed by atoms with Crippen LogP contribution < -0.4 is 0 Å². The second-order valence-electron chi connectivity index (χ2n) is 4.75. The number of carbonyl (C=O) groups is 2. The summed E-state index contributed by atoms with van der Waals surface area (Å²) in [6.07, 6.45) is 0.355. The Kier molecular flexibility index (Phi) is 7.09. The average Bonchev–Trinajstić information content (AvgIpc) is 2.29. The predicted molar refractivity (Wildman–Crippen MR) is 69.2 cm³/mol. The maximum atomic E-state index is 12.3. The lowest BCUT2D eigenvalue weighted by Gasteiger charge is -2.29. The van der Waals surface area contributed by atoms with Gasteiger partial charge in [0.15, 0.2) is 5.78 Å². The number of methoxy groups -OCH3 is 1. The number of hydrogen-bond acceptors (Lipinski definition) is 5. The first-order valence-corrected chi connectivity index (χ1v) is 6.32. The molecule has 0 heterocycles. The van der Waals surface area contributed by atoms with Gasteiger partial charge in [0.2, 0.25) is 0 Å². The summed E-state index contributed by atoms with van der Waals surface area (Å²) in [5, 5.41) is 9.26. The lowest BCUT2D eigenvalue weighted by atomic mass is 9.78. The molecule has 0 aliphatic rings. The van der Waals surface area contributed by atoms with Crippen molar-refractivity contribution >= 4 is 11.8 Å². The molecule has 1 atom stereocenters. The quantitative estimate of drug-likeness (QED) is 0.517. The van der Waals surface area contributed by atoms with Gasteiger partial charge < -0.3 is 9.84 Å². The third-order valence-corrected chi connectivity index (χ3v) is 3.31. The highest BCUT2D eigenvalue weighted by atomic mass is 16.5. The zero-order chi connectivity index (χ0) is 14.3. The van der Waals surface area contributed by atoms with E-state index in [1.807, 2.05) is 13.8 Å². The number of carbonyl (C=O) groups excluding carboxylic acids is 2. The molecule has 0 radical (unpaired) electrons. The Hall–Kier alpha value is -0.940. The zero-order valence-electron chi connectivity index (χ0n) is 12.0. The second kappa shape index (κ2) is 7.48. The maximum Gasteiger partial charge on any atom is 0.319 e. The average molecular weight is 259 g/mol. The van der Waals surface area contributed by atoms with E-state index < -0.39 is 17.5 Å². The molecule has 1 N–H and O–H groups in total. The molecule has 0 aliphatic carbocycles. The van der Waals surface area contributed by atoms with E-state index in [2.05, 4.69) is 0 Å². The van der Waals surface area contributed by atoms with E-state index in [0.717, 1.165) is 0 Å². The van der Waals surface area contributed by atoms with Gasteiger partial charge in [0.05, 0.1) is 19.8 Å². The Balaban J connectivity index is 4.83. The number of ketones is 1. The van der Waals surface area contributed by atoms with Crippen LogP contribution >= 0.6 is 0 Å². The van der Waals surface area contributed by atoms with Crippen LogP contribution in [0.3, 0.4) is 0 Å². The molecule has 0 aromatic carbocycles. The summed E-state index contributed by atoms with van der Waals surface area (Å²) in [5.74, 6) is -0.620. The van der Waals surface area contributed by atoms with Gasteiger partial charge in [-0.15, -0.1) is 0 Å². The van der Waals surface area contributed by atoms with E-state index in [-0.39, 0.29) is 12.3 Å². The number of rotatable bonds is 8. The fraction of sp³-hybridized carbons (Fsp3) is 0.846. The van der Waals surface area contributed by atoms with Gasteiger partial charge in [-0.2, -0.15) is 0 Å². The lowest BCUT2D eigenvalue weighted by Crippen LogP contribution is -2.45. The highest BCUT2D eigenvalue weighted by Gasteiger charge is 2.43. The van der Waals surface area contributed by atoms with Crippen molar-refractivity contribution < 1.29 is 19.4 Å². The van der Waals surface area contributed by atoms with E-state index in [1.165, 1.54) is 7.11 Å². The molecule has 0 saturated heterocycles. The van der Waals surface area contributed by atoms with Crippen molar-refractivity contribution in [2.24, 2.45) is 5.41 Å². The molecule has 0 aliphatic heterocycles. The van der Waals surface area contributed by atoms with Gasteiger partial charge in [-0.3, -0.25) is 14.5 Å². The predicted octanol–water partition coefficient (Wildman–Crippen LogP) is 0.847. The van der Waals surface area contributed by atoms with Gasteiger partial charge in [0.25, 0.3) is 0 Å². The minimum absolute atomic E-state index is 0.141. The van der Waals surface area contributed by atoms with Crippen molar-refractivity contribution in [3.05, 3.63) is 0 Å². The summed E-state index contributed by atoms with van der Waals surface area (Å²) in [7, 11) is 3.05. The summed E-state index contributed by atoms with van der Waals surface area (Å²) >= 11 is 0. The summed E-state index contributed by atoms with van der Waals surface area (Å²) in [4.78, 5) is 25.8. The van der Waals surface area contributed by atoms with Crippen LogP contribution in [0.1, 0.15) is 33.6 Å². The van der Waals surface area contributed by atoms with E-state index in [9.17, 15) is 14.7 Å². The minimum Gasteiger partial charge on any atom is -0.468 e. The molecule has 0 spiro atoms. The molecule has 5 nitrogen and oxygen atoms in total. The van der Waals surface area contributed by atoms with Crippen LogP contribution in [-0.4, -0.2) is 55.1 Å². The summed E-state index contributed by atoms with van der Waals surface area (Å²) in [5.41, 5.74) is -1.05. The molecule has 0 saturated carbocycles. The number of aliphatic hydroxyl groups is 1. The monoisotopic (exact) mass is 259 g/mol. The largest absolute Gasteiger partial charge is 0.468 e. The normalized spacial score (nSPS) is 13.5. The molecule has 0 rings (SSSR count). The first kappa shape index (κ1) is 17.1. The van der Waals surface area contributed by atoms with Crippen LogP contribution in [0.15, 0.2) is 0 Å². The maximum absolute atomic E-state index is 12.3. The van der Waals surface area contributed by atoms with Crippen LogP contribution in [0.4, 0.5) is 0 Å². The number of esters is 1. The van der Waals surface area contributed by atoms with E-state index >= 15 is 0 Å². The third-order valence-electron chi connectivity index (χ3n) is 3.31. The van der Waals surface area contributed by atoms with Gasteiger partial charge in [0, 0.05) is 6.54 Å². The number of likely N-dealkylation sites (N-methyl/N-ethyl adjacent to an activating group) is 1. The van der Waals surface area contributed by atoms with Gasteiger partial charge >= 0.3 is 5.97 Å². The molecule has 0 aromatic rings. The van der Waals surface area contributed by atoms with Crippen LogP contribution in [0.2, 0.25) is 0 Å². The summed E-state index contributed by atoms with van der Waals surface area (Å²) in [6.45, 7) is 5.83. The van der Waals surface area contributed by atoms with Crippen LogP contribution in [0.5, 0.6) is 0 Å². The molecular weight excluding hydrogens is 234 g/mol. The molecule has 0 fully saturated rings. The number of Topliss-reactive ketones (excluding diaryl/α,β-unsaturated/α-hetero) is 1. The molecular formula is C13H25NO4. The lowest BCUT2D eigenvalue weighted by molar-refractivity contribution is -0.159. The second-order valence-corrected chi connectivity index (χ2v) is 4.75. The molecule has 0 bridgehead atoms. The van der Waals surface area contributed by atoms with E-state index in [4.69, 9.17) is 4.74 Å². The Labute approximate surface area is 109 Å². The highest BCUT2D eigenvalue weighted by Crippen LogP contribution is 2.29. The van der Waals surface area contributed by atoms with Gasteiger partial charge in [-0.25, -0.2) is 0 Å². The molecule has 0 amide bonds. The Morgan fingerprint density at radius 1 is 1.33 bits per heavy atom. The molecule has 106 valence electrons. The van der Waals surface area contributed by atoms with Gasteiger partial charge in [0.1, 0.15) is 5.41 Å².